The van der Waals surface area contributed by atoms with E-state index in [0.29, 0.717) is 15.9 Å². The zero-order chi connectivity index (χ0) is 16.7. The van der Waals surface area contributed by atoms with Crippen LogP contribution in [-0.4, -0.2) is 16.6 Å². The number of anilines is 1. The van der Waals surface area contributed by atoms with Crippen LogP contribution in [0.1, 0.15) is 11.1 Å². The lowest BCUT2D eigenvalue weighted by Crippen LogP contribution is -2.13. The van der Waals surface area contributed by atoms with E-state index in [1.807, 2.05) is 54.8 Å². The summed E-state index contributed by atoms with van der Waals surface area (Å²) in [7, 11) is 0. The van der Waals surface area contributed by atoms with Gasteiger partial charge in [-0.15, -0.1) is 11.3 Å². The van der Waals surface area contributed by atoms with E-state index in [4.69, 9.17) is 11.6 Å². The molecular weight excluding hydrogens is 342 g/mol. The number of hydrogen-bond donors (Lipinski definition) is 1. The number of aryl methyl sites for hydroxylation is 1. The van der Waals surface area contributed by atoms with Crippen molar-refractivity contribution in [2.24, 2.45) is 4.99 Å². The summed E-state index contributed by atoms with van der Waals surface area (Å²) in [6.45, 7) is 1.99. The summed E-state index contributed by atoms with van der Waals surface area (Å²) in [6.07, 6.45) is 0. The second-order valence-corrected chi connectivity index (χ2v) is 6.76. The molecule has 4 rings (SSSR count). The van der Waals surface area contributed by atoms with E-state index in [1.165, 1.54) is 11.3 Å². The lowest BCUT2D eigenvalue weighted by molar-refractivity contribution is -0.110. The molecule has 0 saturated carbocycles. The lowest BCUT2D eigenvalue weighted by atomic mass is 10.1. The number of benzene rings is 2. The van der Waals surface area contributed by atoms with Gasteiger partial charge in [0.15, 0.2) is 0 Å². The first-order chi connectivity index (χ1) is 11.6. The zero-order valence-electron chi connectivity index (χ0n) is 12.7. The number of halogens is 1. The van der Waals surface area contributed by atoms with E-state index in [0.717, 1.165) is 28.1 Å². The van der Waals surface area contributed by atoms with Gasteiger partial charge in [0.25, 0.3) is 5.91 Å². The fourth-order valence-electron chi connectivity index (χ4n) is 2.54. The number of carbonyl (C=O) groups excluding carboxylic acids is 1. The van der Waals surface area contributed by atoms with Gasteiger partial charge in [0.1, 0.15) is 5.71 Å². The van der Waals surface area contributed by atoms with Gasteiger partial charge in [0.05, 0.1) is 11.4 Å². The number of aromatic nitrogens is 1. The molecule has 118 valence electrons. The predicted molar refractivity (Wildman–Crippen MR) is 98.6 cm³/mol. The maximum Gasteiger partial charge on any atom is 0.275 e. The van der Waals surface area contributed by atoms with E-state index in [1.54, 1.807) is 0 Å². The van der Waals surface area contributed by atoms with Gasteiger partial charge in [-0.2, -0.15) is 0 Å². The molecule has 2 aromatic carbocycles. The number of fused-ring (bicyclic) bond motifs is 1. The van der Waals surface area contributed by atoms with Gasteiger partial charge in [-0.25, -0.2) is 9.98 Å². The molecule has 0 bridgehead atoms. The van der Waals surface area contributed by atoms with Gasteiger partial charge in [0.2, 0.25) is 5.13 Å². The zero-order valence-corrected chi connectivity index (χ0v) is 14.3. The van der Waals surface area contributed by atoms with E-state index in [2.05, 4.69) is 15.3 Å². The Morgan fingerprint density at radius 3 is 2.75 bits per heavy atom. The Balaban J connectivity index is 1.71. The molecule has 0 unspecified atom stereocenters. The average Bonchev–Trinajstić information content (AvgIpc) is 3.14. The van der Waals surface area contributed by atoms with Crippen molar-refractivity contribution in [3.05, 3.63) is 64.0 Å². The average molecular weight is 354 g/mol. The van der Waals surface area contributed by atoms with Gasteiger partial charge >= 0.3 is 0 Å². The monoisotopic (exact) mass is 353 g/mol. The molecule has 2 heterocycles. The van der Waals surface area contributed by atoms with Crippen LogP contribution in [-0.2, 0) is 4.79 Å². The minimum Gasteiger partial charge on any atom is -0.320 e. The number of nitrogens with zero attached hydrogens (tertiary/aromatic N) is 2. The molecule has 6 heteroatoms. The van der Waals surface area contributed by atoms with Crippen molar-refractivity contribution in [1.82, 2.24) is 4.98 Å². The van der Waals surface area contributed by atoms with Gasteiger partial charge in [-0.05, 0) is 31.2 Å². The number of hydrogen-bond acceptors (Lipinski definition) is 4. The minimum absolute atomic E-state index is 0.196. The molecule has 0 saturated heterocycles. The molecule has 4 nitrogen and oxygen atoms in total. The molecule has 1 N–H and O–H groups in total. The number of thiazole rings is 1. The highest BCUT2D eigenvalue weighted by atomic mass is 35.5. The van der Waals surface area contributed by atoms with Crippen molar-refractivity contribution >= 4 is 45.4 Å². The molecule has 0 radical (unpaired) electrons. The Morgan fingerprint density at radius 1 is 1.17 bits per heavy atom. The molecule has 0 fully saturated rings. The molecule has 0 atom stereocenters. The SMILES string of the molecule is Cc1ccc2c(c1)/C(=N/c1nc(-c3ccc(Cl)cc3)cs1)C(=O)N2. The van der Waals surface area contributed by atoms with Crippen molar-refractivity contribution in [2.75, 3.05) is 5.32 Å². The first-order valence-corrected chi connectivity index (χ1v) is 8.58. The van der Waals surface area contributed by atoms with Gasteiger partial charge in [-0.3, -0.25) is 4.79 Å². The van der Waals surface area contributed by atoms with Crippen molar-refractivity contribution in [1.29, 1.82) is 0 Å². The van der Waals surface area contributed by atoms with Gasteiger partial charge < -0.3 is 5.32 Å². The summed E-state index contributed by atoms with van der Waals surface area (Å²) >= 11 is 7.32. The van der Waals surface area contributed by atoms with E-state index in [9.17, 15) is 4.79 Å². The highest BCUT2D eigenvalue weighted by Crippen LogP contribution is 2.30. The number of nitrogens with one attached hydrogen (secondary N) is 1. The summed E-state index contributed by atoms with van der Waals surface area (Å²) in [5, 5.41) is 5.99. The summed E-state index contributed by atoms with van der Waals surface area (Å²) in [4.78, 5) is 21.2. The Bertz CT molecular complexity index is 976. The molecule has 0 spiro atoms. The first-order valence-electron chi connectivity index (χ1n) is 7.33. The van der Waals surface area contributed by atoms with Crippen molar-refractivity contribution in [3.63, 3.8) is 0 Å². The topological polar surface area (TPSA) is 54.4 Å². The number of amides is 1. The highest BCUT2D eigenvalue weighted by Gasteiger charge is 2.26. The summed E-state index contributed by atoms with van der Waals surface area (Å²) in [5.74, 6) is -0.196. The quantitative estimate of drug-likeness (QED) is 0.716. The Kier molecular flexibility index (Phi) is 3.67. The van der Waals surface area contributed by atoms with Crippen LogP contribution in [0.2, 0.25) is 5.02 Å². The first kappa shape index (κ1) is 15.1. The second kappa shape index (κ2) is 5.85. The summed E-state index contributed by atoms with van der Waals surface area (Å²) in [6, 6.07) is 13.3. The van der Waals surface area contributed by atoms with E-state index in [-0.39, 0.29) is 5.91 Å². The van der Waals surface area contributed by atoms with Crippen LogP contribution in [0.15, 0.2) is 52.8 Å². The van der Waals surface area contributed by atoms with Crippen LogP contribution in [0.5, 0.6) is 0 Å². The summed E-state index contributed by atoms with van der Waals surface area (Å²) < 4.78 is 0. The van der Waals surface area contributed by atoms with Crippen LogP contribution < -0.4 is 5.32 Å². The smallest absolute Gasteiger partial charge is 0.275 e. The predicted octanol–water partition coefficient (Wildman–Crippen LogP) is 4.84. The third-order valence-corrected chi connectivity index (χ3v) is 4.72. The number of rotatable bonds is 2. The third-order valence-electron chi connectivity index (χ3n) is 3.73. The van der Waals surface area contributed by atoms with Crippen LogP contribution in [0, 0.1) is 6.92 Å². The molecule has 0 aliphatic carbocycles. The Labute approximate surface area is 147 Å². The standard InChI is InChI=1S/C18H12ClN3OS/c1-10-2-7-14-13(8-10)16(17(23)20-14)22-18-21-15(9-24-18)11-3-5-12(19)6-4-11/h2-9H,1H3,(H,20,21,22,23). The highest BCUT2D eigenvalue weighted by molar-refractivity contribution is 7.13. The van der Waals surface area contributed by atoms with Gasteiger partial charge in [0, 0.05) is 21.5 Å². The maximum atomic E-state index is 12.2. The number of carbonyl (C=O) groups is 1. The number of aliphatic imine (C=N–C) groups is 1. The van der Waals surface area contributed by atoms with Crippen LogP contribution in [0.4, 0.5) is 10.8 Å². The molecule has 1 aromatic heterocycles. The Morgan fingerprint density at radius 2 is 1.96 bits per heavy atom. The van der Waals surface area contributed by atoms with Gasteiger partial charge in [-0.1, -0.05) is 35.4 Å². The van der Waals surface area contributed by atoms with Crippen LogP contribution >= 0.6 is 22.9 Å². The molecular formula is C18H12ClN3OS. The van der Waals surface area contributed by atoms with Crippen LogP contribution in [0.3, 0.4) is 0 Å². The maximum absolute atomic E-state index is 12.2. The van der Waals surface area contributed by atoms with Crippen molar-refractivity contribution in [2.45, 2.75) is 6.92 Å². The van der Waals surface area contributed by atoms with Crippen molar-refractivity contribution < 1.29 is 4.79 Å². The fourth-order valence-corrected chi connectivity index (χ4v) is 3.37. The lowest BCUT2D eigenvalue weighted by Gasteiger charge is -1.98. The van der Waals surface area contributed by atoms with E-state index < -0.39 is 0 Å². The largest absolute Gasteiger partial charge is 0.320 e. The summed E-state index contributed by atoms with van der Waals surface area (Å²) in [5.41, 5.74) is 4.89. The third kappa shape index (κ3) is 2.72. The molecule has 24 heavy (non-hydrogen) atoms. The molecule has 1 aliphatic rings. The van der Waals surface area contributed by atoms with Crippen LogP contribution in [0.25, 0.3) is 11.3 Å². The molecule has 1 aliphatic heterocycles. The molecule has 1 amide bonds. The second-order valence-electron chi connectivity index (χ2n) is 5.49. The Hall–Kier alpha value is -2.50. The van der Waals surface area contributed by atoms with E-state index >= 15 is 0 Å². The molecule has 3 aromatic rings. The minimum atomic E-state index is -0.196. The van der Waals surface area contributed by atoms with Crippen molar-refractivity contribution in [3.8, 4) is 11.3 Å². The normalized spacial score (nSPS) is 14.8. The fraction of sp³-hybridized carbons (Fsp3) is 0.0556.